The Kier molecular flexibility index (Phi) is 2.18. The van der Waals surface area contributed by atoms with E-state index in [1.165, 1.54) is 6.92 Å². The zero-order valence-corrected chi connectivity index (χ0v) is 9.00. The van der Waals surface area contributed by atoms with Gasteiger partial charge in [-0.05, 0) is 38.0 Å². The standard InChI is InChI=1S/C9H16O4S/c1-9(10,14(11,12)13)8-5-6-2-3-7(8)4-6/h6-8,10H,2-5H2,1H3,(H,11,12,13). The van der Waals surface area contributed by atoms with Crippen molar-refractivity contribution in [2.24, 2.45) is 17.8 Å². The number of hydrogen-bond donors (Lipinski definition) is 2. The third-order valence-corrected chi connectivity index (χ3v) is 5.30. The molecule has 0 aromatic heterocycles. The lowest BCUT2D eigenvalue weighted by atomic mass is 9.85. The minimum absolute atomic E-state index is 0.275. The van der Waals surface area contributed by atoms with Gasteiger partial charge in [0.2, 0.25) is 0 Å². The van der Waals surface area contributed by atoms with Crippen molar-refractivity contribution in [3.63, 3.8) is 0 Å². The number of fused-ring (bicyclic) bond motifs is 2. The third kappa shape index (κ3) is 1.38. The van der Waals surface area contributed by atoms with E-state index in [4.69, 9.17) is 4.55 Å². The van der Waals surface area contributed by atoms with Crippen LogP contribution in [0.3, 0.4) is 0 Å². The maximum atomic E-state index is 11.0. The van der Waals surface area contributed by atoms with Crippen molar-refractivity contribution in [3.8, 4) is 0 Å². The monoisotopic (exact) mass is 220 g/mol. The van der Waals surface area contributed by atoms with Gasteiger partial charge < -0.3 is 5.11 Å². The summed E-state index contributed by atoms with van der Waals surface area (Å²) in [6.07, 6.45) is 3.87. The van der Waals surface area contributed by atoms with Gasteiger partial charge in [0.25, 0.3) is 10.1 Å². The van der Waals surface area contributed by atoms with Crippen LogP contribution in [0.4, 0.5) is 0 Å². The van der Waals surface area contributed by atoms with Crippen molar-refractivity contribution in [3.05, 3.63) is 0 Å². The fourth-order valence-electron chi connectivity index (χ4n) is 3.09. The maximum Gasteiger partial charge on any atom is 0.294 e. The van der Waals surface area contributed by atoms with E-state index in [2.05, 4.69) is 0 Å². The number of hydrogen-bond acceptors (Lipinski definition) is 3. The van der Waals surface area contributed by atoms with Crippen molar-refractivity contribution in [1.29, 1.82) is 0 Å². The van der Waals surface area contributed by atoms with E-state index in [1.807, 2.05) is 0 Å². The average Bonchev–Trinajstić information content (AvgIpc) is 2.61. The highest BCUT2D eigenvalue weighted by Crippen LogP contribution is 2.52. The smallest absolute Gasteiger partial charge is 0.294 e. The SMILES string of the molecule is CC(O)(C1CC2CCC1C2)S(=O)(=O)O. The summed E-state index contributed by atoms with van der Waals surface area (Å²) >= 11 is 0. The second-order valence-electron chi connectivity index (χ2n) is 4.81. The van der Waals surface area contributed by atoms with Gasteiger partial charge in [-0.15, -0.1) is 0 Å². The Hall–Kier alpha value is -0.130. The Morgan fingerprint density at radius 2 is 1.93 bits per heavy atom. The van der Waals surface area contributed by atoms with Crippen LogP contribution in [0.2, 0.25) is 0 Å². The summed E-state index contributed by atoms with van der Waals surface area (Å²) in [5, 5.41) is 9.83. The molecular weight excluding hydrogens is 204 g/mol. The summed E-state index contributed by atoms with van der Waals surface area (Å²) in [6.45, 7) is 1.22. The molecule has 4 nitrogen and oxygen atoms in total. The van der Waals surface area contributed by atoms with Crippen molar-refractivity contribution in [2.75, 3.05) is 0 Å². The van der Waals surface area contributed by atoms with Gasteiger partial charge in [-0.3, -0.25) is 4.55 Å². The molecule has 2 bridgehead atoms. The molecule has 0 saturated heterocycles. The molecule has 2 rings (SSSR count). The Morgan fingerprint density at radius 1 is 1.29 bits per heavy atom. The maximum absolute atomic E-state index is 11.0. The predicted octanol–water partition coefficient (Wildman–Crippen LogP) is 1.02. The van der Waals surface area contributed by atoms with Crippen molar-refractivity contribution >= 4 is 10.1 Å². The lowest BCUT2D eigenvalue weighted by molar-refractivity contribution is 0.0406. The fourth-order valence-corrected chi connectivity index (χ4v) is 3.76. The van der Waals surface area contributed by atoms with Gasteiger partial charge in [0.1, 0.15) is 0 Å². The summed E-state index contributed by atoms with van der Waals surface area (Å²) in [6, 6.07) is 0. The van der Waals surface area contributed by atoms with E-state index in [0.29, 0.717) is 5.92 Å². The molecule has 0 heterocycles. The number of aliphatic hydroxyl groups is 1. The van der Waals surface area contributed by atoms with Gasteiger partial charge in [-0.1, -0.05) is 6.42 Å². The largest absolute Gasteiger partial charge is 0.372 e. The molecule has 2 aliphatic rings. The highest BCUT2D eigenvalue weighted by molar-refractivity contribution is 7.87. The molecule has 2 fully saturated rings. The first kappa shape index (κ1) is 10.4. The zero-order chi connectivity index (χ0) is 10.6. The average molecular weight is 220 g/mol. The fraction of sp³-hybridized carbons (Fsp3) is 1.00. The molecule has 14 heavy (non-hydrogen) atoms. The van der Waals surface area contributed by atoms with Crippen LogP contribution in [0.25, 0.3) is 0 Å². The van der Waals surface area contributed by atoms with Crippen LogP contribution in [0.15, 0.2) is 0 Å². The zero-order valence-electron chi connectivity index (χ0n) is 8.18. The Morgan fingerprint density at radius 3 is 2.29 bits per heavy atom. The summed E-state index contributed by atoms with van der Waals surface area (Å²) in [5.41, 5.74) is 0. The molecule has 2 saturated carbocycles. The van der Waals surface area contributed by atoms with Gasteiger partial charge in [-0.25, -0.2) is 0 Å². The minimum Gasteiger partial charge on any atom is -0.372 e. The molecular formula is C9H16O4S. The lowest BCUT2D eigenvalue weighted by Crippen LogP contribution is -2.44. The first-order valence-electron chi connectivity index (χ1n) is 5.02. The number of rotatable bonds is 2. The molecule has 4 atom stereocenters. The Bertz CT molecular complexity index is 333. The molecule has 0 radical (unpaired) electrons. The highest BCUT2D eigenvalue weighted by atomic mass is 32.2. The molecule has 4 unspecified atom stereocenters. The van der Waals surface area contributed by atoms with E-state index >= 15 is 0 Å². The molecule has 0 aliphatic heterocycles. The Labute approximate surface area is 84.1 Å². The van der Waals surface area contributed by atoms with Gasteiger partial charge in [0.05, 0.1) is 0 Å². The Balaban J connectivity index is 2.24. The molecule has 0 spiro atoms. The molecule has 0 amide bonds. The van der Waals surface area contributed by atoms with Crippen LogP contribution >= 0.6 is 0 Å². The second-order valence-corrected chi connectivity index (χ2v) is 6.59. The molecule has 2 N–H and O–H groups in total. The van der Waals surface area contributed by atoms with Gasteiger partial charge >= 0.3 is 0 Å². The summed E-state index contributed by atoms with van der Waals surface area (Å²) < 4.78 is 31.0. The second kappa shape index (κ2) is 2.93. The van der Waals surface area contributed by atoms with Crippen LogP contribution in [0.5, 0.6) is 0 Å². The van der Waals surface area contributed by atoms with Crippen LogP contribution in [-0.4, -0.2) is 23.0 Å². The van der Waals surface area contributed by atoms with Crippen LogP contribution < -0.4 is 0 Å². The van der Waals surface area contributed by atoms with E-state index in [0.717, 1.165) is 25.7 Å². The van der Waals surface area contributed by atoms with Crippen LogP contribution in [0.1, 0.15) is 32.6 Å². The molecule has 0 aromatic carbocycles. The van der Waals surface area contributed by atoms with E-state index in [1.54, 1.807) is 0 Å². The summed E-state index contributed by atoms with van der Waals surface area (Å²) in [7, 11) is -4.35. The van der Waals surface area contributed by atoms with Gasteiger partial charge in [-0.2, -0.15) is 8.42 Å². The van der Waals surface area contributed by atoms with Crippen molar-refractivity contribution < 1.29 is 18.1 Å². The first-order chi connectivity index (χ1) is 6.32. The molecule has 0 aromatic rings. The molecule has 5 heteroatoms. The van der Waals surface area contributed by atoms with Gasteiger partial charge in [0.15, 0.2) is 4.93 Å². The molecule has 2 aliphatic carbocycles. The summed E-state index contributed by atoms with van der Waals surface area (Å²) in [4.78, 5) is -1.95. The van der Waals surface area contributed by atoms with Crippen molar-refractivity contribution in [1.82, 2.24) is 0 Å². The van der Waals surface area contributed by atoms with Crippen LogP contribution in [-0.2, 0) is 10.1 Å². The molecule has 82 valence electrons. The van der Waals surface area contributed by atoms with E-state index < -0.39 is 15.1 Å². The normalized spacial score (nSPS) is 41.2. The van der Waals surface area contributed by atoms with Crippen molar-refractivity contribution in [2.45, 2.75) is 37.5 Å². The lowest BCUT2D eigenvalue weighted by Gasteiger charge is -2.32. The highest BCUT2D eigenvalue weighted by Gasteiger charge is 2.53. The van der Waals surface area contributed by atoms with E-state index in [9.17, 15) is 13.5 Å². The third-order valence-electron chi connectivity index (χ3n) is 3.95. The van der Waals surface area contributed by atoms with E-state index in [-0.39, 0.29) is 11.8 Å². The predicted molar refractivity (Wildman–Crippen MR) is 51.1 cm³/mol. The first-order valence-corrected chi connectivity index (χ1v) is 6.46. The topological polar surface area (TPSA) is 74.6 Å². The minimum atomic E-state index is -4.35. The van der Waals surface area contributed by atoms with Gasteiger partial charge in [0, 0.05) is 5.92 Å². The quantitative estimate of drug-likeness (QED) is 0.681. The van der Waals surface area contributed by atoms with Crippen LogP contribution in [0, 0.1) is 17.8 Å². The summed E-state index contributed by atoms with van der Waals surface area (Å²) in [5.74, 6) is 0.548.